The summed E-state index contributed by atoms with van der Waals surface area (Å²) in [5.41, 5.74) is 0.0373. The van der Waals surface area contributed by atoms with Crippen LogP contribution in [0.5, 0.6) is 5.75 Å². The van der Waals surface area contributed by atoms with Gasteiger partial charge in [0.2, 0.25) is 5.76 Å². The van der Waals surface area contributed by atoms with Gasteiger partial charge in [0.1, 0.15) is 11.4 Å². The minimum atomic E-state index is -1.10. The number of ether oxygens (including phenoxy) is 1. The number of hydrogen-bond donors (Lipinski definition) is 1. The zero-order valence-corrected chi connectivity index (χ0v) is 14.2. The van der Waals surface area contributed by atoms with Crippen molar-refractivity contribution >= 4 is 11.9 Å². The highest BCUT2D eigenvalue weighted by molar-refractivity contribution is 6.07. The Kier molecular flexibility index (Phi) is 3.33. The van der Waals surface area contributed by atoms with E-state index in [1.807, 2.05) is 12.1 Å². The maximum Gasteiger partial charge on any atom is 0.325 e. The van der Waals surface area contributed by atoms with E-state index in [0.29, 0.717) is 41.6 Å². The lowest BCUT2D eigenvalue weighted by Crippen LogP contribution is -2.47. The Morgan fingerprint density at radius 1 is 1.15 bits per heavy atom. The Morgan fingerprint density at radius 2 is 2.04 bits per heavy atom. The van der Waals surface area contributed by atoms with E-state index in [4.69, 9.17) is 13.7 Å². The summed E-state index contributed by atoms with van der Waals surface area (Å²) >= 11 is 0. The van der Waals surface area contributed by atoms with Gasteiger partial charge >= 0.3 is 6.03 Å². The Morgan fingerprint density at radius 3 is 2.89 bits per heavy atom. The third kappa shape index (κ3) is 2.33. The van der Waals surface area contributed by atoms with Crippen LogP contribution in [0.1, 0.15) is 17.7 Å². The summed E-state index contributed by atoms with van der Waals surface area (Å²) in [6, 6.07) is 11.9. The van der Waals surface area contributed by atoms with Gasteiger partial charge < -0.3 is 19.0 Å². The van der Waals surface area contributed by atoms with Crippen LogP contribution in [0, 0.1) is 0 Å². The molecule has 1 spiro atoms. The van der Waals surface area contributed by atoms with Gasteiger partial charge in [-0.05, 0) is 18.2 Å². The van der Waals surface area contributed by atoms with E-state index in [0.717, 1.165) is 4.90 Å². The number of aromatic nitrogens is 1. The van der Waals surface area contributed by atoms with Gasteiger partial charge in [0, 0.05) is 18.1 Å². The molecule has 2 aliphatic rings. The molecule has 1 N–H and O–H groups in total. The second-order valence-electron chi connectivity index (χ2n) is 6.48. The molecule has 4 heterocycles. The number of carbonyl (C=O) groups excluding carboxylic acids is 2. The number of imide groups is 1. The van der Waals surface area contributed by atoms with Crippen molar-refractivity contribution in [3.8, 4) is 17.3 Å². The first-order chi connectivity index (χ1) is 13.2. The van der Waals surface area contributed by atoms with E-state index in [1.54, 1.807) is 30.3 Å². The lowest BCUT2D eigenvalue weighted by molar-refractivity contribution is -0.133. The standard InChI is InChI=1S/C19H15N3O5/c23-17-19(7-9-26-14-5-2-1-4-13(14)19)20-18(24)22(17)11-12-10-16(27-21-12)15-6-3-8-25-15/h1-6,8,10H,7,9,11H2,(H,20,24)/t19-/m1/s1. The highest BCUT2D eigenvalue weighted by atomic mass is 16.5. The van der Waals surface area contributed by atoms with Crippen LogP contribution in [0.25, 0.3) is 11.5 Å². The smallest absolute Gasteiger partial charge is 0.325 e. The average Bonchev–Trinajstić information content (AvgIpc) is 3.40. The van der Waals surface area contributed by atoms with Gasteiger partial charge in [-0.15, -0.1) is 0 Å². The van der Waals surface area contributed by atoms with Gasteiger partial charge in [-0.25, -0.2) is 4.79 Å². The number of nitrogens with one attached hydrogen (secondary N) is 1. The maximum absolute atomic E-state index is 13.2. The number of para-hydroxylation sites is 1. The molecule has 0 unspecified atom stereocenters. The lowest BCUT2D eigenvalue weighted by Gasteiger charge is -2.33. The zero-order valence-electron chi connectivity index (χ0n) is 14.2. The third-order valence-corrected chi connectivity index (χ3v) is 4.90. The summed E-state index contributed by atoms with van der Waals surface area (Å²) in [7, 11) is 0. The molecule has 2 aromatic heterocycles. The van der Waals surface area contributed by atoms with Gasteiger partial charge in [-0.2, -0.15) is 0 Å². The molecular formula is C19H15N3O5. The molecule has 1 fully saturated rings. The maximum atomic E-state index is 13.2. The molecule has 2 aliphatic heterocycles. The molecular weight excluding hydrogens is 350 g/mol. The van der Waals surface area contributed by atoms with Crippen molar-refractivity contribution < 1.29 is 23.3 Å². The number of hydrogen-bond acceptors (Lipinski definition) is 6. The van der Waals surface area contributed by atoms with Gasteiger partial charge in [0.05, 0.1) is 19.4 Å². The Labute approximate surface area is 153 Å². The summed E-state index contributed by atoms with van der Waals surface area (Å²) < 4.78 is 16.1. The van der Waals surface area contributed by atoms with Crippen molar-refractivity contribution in [1.82, 2.24) is 15.4 Å². The van der Waals surface area contributed by atoms with E-state index in [-0.39, 0.29) is 12.5 Å². The molecule has 0 aliphatic carbocycles. The Hall–Kier alpha value is -3.55. The second-order valence-corrected chi connectivity index (χ2v) is 6.48. The Bertz CT molecular complexity index is 1030. The molecule has 8 heteroatoms. The first kappa shape index (κ1) is 15.7. The van der Waals surface area contributed by atoms with Crippen molar-refractivity contribution in [2.24, 2.45) is 0 Å². The lowest BCUT2D eigenvalue weighted by atomic mass is 9.84. The predicted octanol–water partition coefficient (Wildman–Crippen LogP) is 2.66. The number of furan rings is 1. The minimum Gasteiger partial charge on any atom is -0.493 e. The summed E-state index contributed by atoms with van der Waals surface area (Å²) in [6.07, 6.45) is 1.91. The summed E-state index contributed by atoms with van der Waals surface area (Å²) in [4.78, 5) is 26.9. The molecule has 0 saturated carbocycles. The van der Waals surface area contributed by atoms with Gasteiger partial charge in [-0.3, -0.25) is 9.69 Å². The van der Waals surface area contributed by atoms with Gasteiger partial charge in [0.25, 0.3) is 5.91 Å². The first-order valence-electron chi connectivity index (χ1n) is 8.53. The molecule has 27 heavy (non-hydrogen) atoms. The molecule has 0 radical (unpaired) electrons. The highest BCUT2D eigenvalue weighted by Crippen LogP contribution is 2.41. The summed E-state index contributed by atoms with van der Waals surface area (Å²) in [5, 5.41) is 6.81. The first-order valence-corrected chi connectivity index (χ1v) is 8.53. The van der Waals surface area contributed by atoms with E-state index in [9.17, 15) is 9.59 Å². The average molecular weight is 365 g/mol. The van der Waals surface area contributed by atoms with Crippen LogP contribution in [0.2, 0.25) is 0 Å². The van der Waals surface area contributed by atoms with Crippen LogP contribution in [0.3, 0.4) is 0 Å². The summed E-state index contributed by atoms with van der Waals surface area (Å²) in [6.45, 7) is 0.364. The van der Waals surface area contributed by atoms with Crippen LogP contribution in [0.15, 0.2) is 57.7 Å². The van der Waals surface area contributed by atoms with Crippen LogP contribution in [0.4, 0.5) is 4.79 Å². The normalized spacial score (nSPS) is 21.3. The molecule has 1 atom stereocenters. The van der Waals surface area contributed by atoms with Crippen LogP contribution in [-0.4, -0.2) is 28.6 Å². The number of urea groups is 1. The van der Waals surface area contributed by atoms with E-state index >= 15 is 0 Å². The largest absolute Gasteiger partial charge is 0.493 e. The fourth-order valence-electron chi connectivity index (χ4n) is 3.60. The number of fused-ring (bicyclic) bond motifs is 2. The summed E-state index contributed by atoms with van der Waals surface area (Å²) in [5.74, 6) is 1.26. The van der Waals surface area contributed by atoms with E-state index in [2.05, 4.69) is 10.5 Å². The van der Waals surface area contributed by atoms with Crippen LogP contribution < -0.4 is 10.1 Å². The minimum absolute atomic E-state index is 0.0135. The van der Waals surface area contributed by atoms with Gasteiger partial charge in [-0.1, -0.05) is 23.4 Å². The quantitative estimate of drug-likeness (QED) is 0.717. The molecule has 136 valence electrons. The molecule has 3 amide bonds. The van der Waals surface area contributed by atoms with Crippen molar-refractivity contribution in [3.63, 3.8) is 0 Å². The molecule has 1 aromatic carbocycles. The van der Waals surface area contributed by atoms with Crippen molar-refractivity contribution in [1.29, 1.82) is 0 Å². The van der Waals surface area contributed by atoms with Crippen LogP contribution >= 0.6 is 0 Å². The Balaban J connectivity index is 1.44. The van der Waals surface area contributed by atoms with Gasteiger partial charge in [0.15, 0.2) is 11.3 Å². The van der Waals surface area contributed by atoms with Crippen molar-refractivity contribution in [3.05, 3.63) is 60.0 Å². The highest BCUT2D eigenvalue weighted by Gasteiger charge is 2.54. The molecule has 1 saturated heterocycles. The van der Waals surface area contributed by atoms with E-state index < -0.39 is 11.6 Å². The fourth-order valence-corrected chi connectivity index (χ4v) is 3.60. The zero-order chi connectivity index (χ0) is 18.4. The number of amides is 3. The second kappa shape index (κ2) is 5.73. The molecule has 8 nitrogen and oxygen atoms in total. The number of carbonyl (C=O) groups is 2. The van der Waals surface area contributed by atoms with Crippen LogP contribution in [-0.2, 0) is 16.9 Å². The number of nitrogens with zero attached hydrogens (tertiary/aromatic N) is 2. The van der Waals surface area contributed by atoms with E-state index in [1.165, 1.54) is 6.26 Å². The van der Waals surface area contributed by atoms with Crippen molar-refractivity contribution in [2.45, 2.75) is 18.5 Å². The SMILES string of the molecule is O=C1N[C@@]2(CCOc3ccccc32)C(=O)N1Cc1cc(-c2ccco2)on1. The fraction of sp³-hybridized carbons (Fsp3) is 0.211. The predicted molar refractivity (Wildman–Crippen MR) is 91.5 cm³/mol. The third-order valence-electron chi connectivity index (χ3n) is 4.90. The number of benzene rings is 1. The van der Waals surface area contributed by atoms with Crippen molar-refractivity contribution in [2.75, 3.05) is 6.61 Å². The topological polar surface area (TPSA) is 97.8 Å². The number of rotatable bonds is 3. The molecule has 0 bridgehead atoms. The molecule has 5 rings (SSSR count). The monoisotopic (exact) mass is 365 g/mol. The molecule has 3 aromatic rings.